The Kier molecular flexibility index (Phi) is 27.4. The second kappa shape index (κ2) is 36.0. The Labute approximate surface area is 571 Å². The molecular weight excluding hydrogens is 1310 g/mol. The number of nitrogens with zero attached hydrogens (tertiary/aromatic N) is 3. The number of aliphatic hydroxyl groups is 1. The van der Waals surface area contributed by atoms with E-state index >= 15 is 9.59 Å². The number of carbonyl (C=O) groups excluding carboxylic acids is 10. The molecule has 10 amide bonds. The molecule has 6 aromatic rings. The van der Waals surface area contributed by atoms with Gasteiger partial charge in [-0.2, -0.15) is 13.2 Å². The molecule has 2 aliphatic rings. The lowest BCUT2D eigenvalue weighted by Gasteiger charge is -2.30. The molecule has 5 heterocycles. The minimum Gasteiger partial charge on any atom is -0.508 e. The third-order valence-electron chi connectivity index (χ3n) is 16.5. The smallest absolute Gasteiger partial charge is 0.490 e. The molecule has 9 atom stereocenters. The highest BCUT2D eigenvalue weighted by Gasteiger charge is 2.41. The number of likely N-dealkylation sites (N-methyl/N-ethyl adjacent to an activating group) is 1. The number of nitrogens with two attached hydrogens (primary N) is 2. The summed E-state index contributed by atoms with van der Waals surface area (Å²) in [5.41, 5.74) is 14.6. The number of hydrogen-bond donors (Lipinski definition) is 17. The van der Waals surface area contributed by atoms with Crippen molar-refractivity contribution < 1.29 is 81.2 Å². The number of guanidine groups is 1. The van der Waals surface area contributed by atoms with Crippen molar-refractivity contribution in [2.75, 3.05) is 26.2 Å². The number of aromatic nitrogens is 4. The number of aromatic hydroxyl groups is 1. The fourth-order valence-electron chi connectivity index (χ4n) is 11.5. The Morgan fingerprint density at radius 2 is 1.18 bits per heavy atom. The number of aliphatic imine (C=N–C) groups is 1. The molecule has 8 rings (SSSR count). The van der Waals surface area contributed by atoms with Crippen LogP contribution in [0.1, 0.15) is 88.1 Å². The number of phenols is 1. The molecule has 0 aliphatic carbocycles. The first-order valence-electron chi connectivity index (χ1n) is 32.4. The maximum absolute atomic E-state index is 15.1. The van der Waals surface area contributed by atoms with Crippen molar-refractivity contribution in [2.24, 2.45) is 22.4 Å². The van der Waals surface area contributed by atoms with Gasteiger partial charge in [-0.3, -0.25) is 52.9 Å². The van der Waals surface area contributed by atoms with Gasteiger partial charge in [-0.15, -0.1) is 0 Å². The van der Waals surface area contributed by atoms with Gasteiger partial charge in [0.05, 0.1) is 12.9 Å². The summed E-state index contributed by atoms with van der Waals surface area (Å²) >= 11 is 0. The molecule has 19 N–H and O–H groups in total. The van der Waals surface area contributed by atoms with Gasteiger partial charge in [-0.25, -0.2) is 9.78 Å². The third-order valence-corrected chi connectivity index (χ3v) is 16.5. The molecule has 2 fully saturated rings. The summed E-state index contributed by atoms with van der Waals surface area (Å²) in [5.74, 6) is -10.3. The monoisotopic (exact) mass is 1400 g/mol. The fourth-order valence-corrected chi connectivity index (χ4v) is 11.5. The Morgan fingerprint density at radius 3 is 1.68 bits per heavy atom. The number of aliphatic hydroxyl groups excluding tert-OH is 1. The van der Waals surface area contributed by atoms with E-state index in [0.717, 1.165) is 0 Å². The van der Waals surface area contributed by atoms with Crippen LogP contribution in [-0.2, 0) is 78.4 Å². The Balaban J connectivity index is 0.00000190. The summed E-state index contributed by atoms with van der Waals surface area (Å²) in [5, 5.41) is 54.2. The number of halogens is 3. The molecule has 2 aliphatic heterocycles. The van der Waals surface area contributed by atoms with Crippen LogP contribution in [0, 0.1) is 5.92 Å². The molecule has 31 nitrogen and oxygen atoms in total. The van der Waals surface area contributed by atoms with Gasteiger partial charge in [0.15, 0.2) is 5.96 Å². The first-order chi connectivity index (χ1) is 47.6. The van der Waals surface area contributed by atoms with Gasteiger partial charge in [0.25, 0.3) is 0 Å². The number of aromatic amines is 3. The average Bonchev–Trinajstić information content (AvgIpc) is 1.62. The number of phenolic OH excluding ortho intramolecular Hbond substituents is 1. The Hall–Kier alpha value is -11.1. The summed E-state index contributed by atoms with van der Waals surface area (Å²) in [6.45, 7) is 5.14. The molecule has 0 bridgehead atoms. The standard InChI is InChI=1S/C64H83N17O12.C2HF3O2/c1-4-68-62(92)53-16-10-24-81(53)63(93)46(15-9-23-69-64(65)66)74-56(86)47(25-35(2)3)75-58(88)49(27-37-30-70-43-13-7-5-11-41(37)43)77-57(87)48(26-36-17-19-40(83)20-18-36)76-61(91)52(33-82)80-59(89)50(28-38-31-71-44-14-8-6-12-42(38)44)78-60(90)51(29-39-32-67-34-72-39)79-55(85)45-21-22-54(84)73-45;3-2(4,5)1(6)7/h5-8,11-14,17-20,30-32,34-35,45-53,70-71,82-83H,4,9-10,15-16,21-29,33H2,1-3H3,(H,67,72)(H,68,92)(H,73,84)(H,74,86)(H,75,88)(H,76,91)(H,77,87)(H,78,90)(H,79,85)(H,80,89)(H4,65,66,69);(H,6,7)/t45-,46-,47-,48+,49+,50-,51-,52-,53-;/m0./s1. The van der Waals surface area contributed by atoms with Crippen molar-refractivity contribution >= 4 is 92.8 Å². The van der Waals surface area contributed by atoms with Crippen molar-refractivity contribution in [1.82, 2.24) is 72.7 Å². The number of rotatable bonds is 32. The van der Waals surface area contributed by atoms with Crippen LogP contribution < -0.4 is 59.3 Å². The molecule has 0 spiro atoms. The van der Waals surface area contributed by atoms with Crippen LogP contribution in [0.2, 0.25) is 0 Å². The summed E-state index contributed by atoms with van der Waals surface area (Å²) in [6.07, 6.45) is 2.01. The number of hydrogen-bond acceptors (Lipinski definition) is 15. The van der Waals surface area contributed by atoms with Crippen molar-refractivity contribution in [1.29, 1.82) is 0 Å². The zero-order valence-corrected chi connectivity index (χ0v) is 55.1. The van der Waals surface area contributed by atoms with Gasteiger partial charge in [-0.1, -0.05) is 62.4 Å². The molecule has 3 aromatic heterocycles. The number of fused-ring (bicyclic) bond motifs is 2. The largest absolute Gasteiger partial charge is 0.508 e. The predicted molar refractivity (Wildman–Crippen MR) is 356 cm³/mol. The number of carboxylic acids is 1. The van der Waals surface area contributed by atoms with E-state index in [4.69, 9.17) is 21.4 Å². The van der Waals surface area contributed by atoms with Crippen LogP contribution in [0.3, 0.4) is 0 Å². The summed E-state index contributed by atoms with van der Waals surface area (Å²) in [7, 11) is 0. The van der Waals surface area contributed by atoms with Crippen LogP contribution in [-0.4, -0.2) is 198 Å². The number of nitrogens with one attached hydrogen (secondary N) is 12. The summed E-state index contributed by atoms with van der Waals surface area (Å²) < 4.78 is 31.7. The number of carbonyl (C=O) groups is 11. The number of H-pyrrole nitrogens is 3. The minimum absolute atomic E-state index is 0.0647. The maximum atomic E-state index is 15.1. The van der Waals surface area contributed by atoms with Gasteiger partial charge in [0.2, 0.25) is 59.1 Å². The first-order valence-corrected chi connectivity index (χ1v) is 32.4. The molecule has 3 aromatic carbocycles. The van der Waals surface area contributed by atoms with Gasteiger partial charge in [-0.05, 0) is 92.3 Å². The summed E-state index contributed by atoms with van der Waals surface area (Å²) in [4.78, 5) is 169. The third kappa shape index (κ3) is 22.0. The van der Waals surface area contributed by atoms with E-state index in [1.54, 1.807) is 43.6 Å². The number of alkyl halides is 3. The number of imidazole rings is 1. The van der Waals surface area contributed by atoms with E-state index in [0.29, 0.717) is 63.6 Å². The van der Waals surface area contributed by atoms with Gasteiger partial charge < -0.3 is 94.5 Å². The lowest BCUT2D eigenvalue weighted by atomic mass is 9.99. The van der Waals surface area contributed by atoms with Gasteiger partial charge in [0.1, 0.15) is 60.1 Å². The number of aliphatic carboxylic acids is 1. The Bertz CT molecular complexity index is 3880. The van der Waals surface area contributed by atoms with E-state index < -0.39 is 120 Å². The molecule has 0 radical (unpaired) electrons. The number of carboxylic acid groups (broad SMARTS) is 1. The molecule has 0 unspecified atom stereocenters. The van der Waals surface area contributed by atoms with Crippen molar-refractivity contribution in [3.8, 4) is 5.75 Å². The summed E-state index contributed by atoms with van der Waals surface area (Å²) in [6, 6.07) is 8.42. The zero-order valence-electron chi connectivity index (χ0n) is 55.1. The lowest BCUT2D eigenvalue weighted by Crippen LogP contribution is -2.61. The van der Waals surface area contributed by atoms with Crippen LogP contribution in [0.15, 0.2) is 103 Å². The van der Waals surface area contributed by atoms with Crippen molar-refractivity contribution in [2.45, 2.75) is 152 Å². The number of amides is 10. The number of likely N-dealkylation sites (tertiary alicyclic amines) is 1. The quantitative estimate of drug-likeness (QED) is 0.0149. The highest BCUT2D eigenvalue weighted by atomic mass is 19.4. The second-order valence-electron chi connectivity index (χ2n) is 24.5. The van der Waals surface area contributed by atoms with Crippen LogP contribution >= 0.6 is 0 Å². The van der Waals surface area contributed by atoms with E-state index in [1.807, 2.05) is 38.1 Å². The number of para-hydroxylation sites is 2. The van der Waals surface area contributed by atoms with Crippen LogP contribution in [0.5, 0.6) is 5.75 Å². The van der Waals surface area contributed by atoms with E-state index in [2.05, 4.69) is 72.8 Å². The average molecular weight is 1400 g/mol. The SMILES string of the molecule is CCNC(=O)[C@@H]1CCCN1C(=O)[C@H](CCCN=C(N)N)NC(=O)[C@H](CC(C)C)NC(=O)[C@@H](Cc1c[nH]c2ccccc12)NC(=O)[C@@H](Cc1ccc(O)cc1)NC(=O)[C@H](CO)NC(=O)[C@H](Cc1c[nH]c2ccccc12)NC(=O)[C@H](Cc1cnc[nH]1)NC(=O)[C@@H]1CCC(=O)N1.O=C(O)C(F)(F)F. The Morgan fingerprint density at radius 1 is 0.670 bits per heavy atom. The second-order valence-corrected chi connectivity index (χ2v) is 24.5. The highest BCUT2D eigenvalue weighted by Crippen LogP contribution is 2.24. The molecular formula is C66H84F3N17O14. The van der Waals surface area contributed by atoms with Crippen molar-refractivity contribution in [3.05, 3.63) is 120 Å². The van der Waals surface area contributed by atoms with E-state index in [9.17, 15) is 61.7 Å². The topological polar surface area (TPSA) is 485 Å². The molecule has 2 saturated heterocycles. The lowest BCUT2D eigenvalue weighted by molar-refractivity contribution is -0.192. The molecule has 34 heteroatoms. The predicted octanol–water partition coefficient (Wildman–Crippen LogP) is -0.127. The zero-order chi connectivity index (χ0) is 72.8. The van der Waals surface area contributed by atoms with Gasteiger partial charge in [0, 0.05) is 97.8 Å². The van der Waals surface area contributed by atoms with Crippen LogP contribution in [0.4, 0.5) is 13.2 Å². The minimum atomic E-state index is -5.08. The fraction of sp³-hybridized carbons (Fsp3) is 0.439. The highest BCUT2D eigenvalue weighted by molar-refractivity contribution is 6.00. The van der Waals surface area contributed by atoms with Crippen molar-refractivity contribution in [3.63, 3.8) is 0 Å². The normalized spacial score (nSPS) is 16.4. The van der Waals surface area contributed by atoms with E-state index in [-0.39, 0.29) is 100 Å². The van der Waals surface area contributed by atoms with Crippen LogP contribution in [0.25, 0.3) is 21.8 Å². The molecule has 538 valence electrons. The maximum Gasteiger partial charge on any atom is 0.490 e. The molecule has 0 saturated carbocycles. The molecule has 100 heavy (non-hydrogen) atoms. The first kappa shape index (κ1) is 76.3. The van der Waals surface area contributed by atoms with Gasteiger partial charge >= 0.3 is 12.1 Å². The number of benzene rings is 3. The van der Waals surface area contributed by atoms with E-state index in [1.165, 1.54) is 41.7 Å².